The third-order valence-electron chi connectivity index (χ3n) is 0.781. The Morgan fingerprint density at radius 1 is 1.00 bits per heavy atom. The summed E-state index contributed by atoms with van der Waals surface area (Å²) < 4.78 is 0. The van der Waals surface area contributed by atoms with Crippen molar-refractivity contribution in [3.05, 3.63) is 0 Å². The number of rotatable bonds is 4. The molecule has 0 rings (SSSR count). The Balaban J connectivity index is 0. The van der Waals surface area contributed by atoms with Crippen molar-refractivity contribution in [2.24, 2.45) is 0 Å². The average molecular weight is 307 g/mol. The summed E-state index contributed by atoms with van der Waals surface area (Å²) >= 11 is 0. The number of carboxylic acid groups (broad SMARTS) is 2. The van der Waals surface area contributed by atoms with Gasteiger partial charge in [0.15, 0.2) is 0 Å². The van der Waals surface area contributed by atoms with Gasteiger partial charge < -0.3 is 10.2 Å². The first-order chi connectivity index (χ1) is 4.13. The first-order valence-corrected chi connectivity index (χ1v) is 2.56. The van der Waals surface area contributed by atoms with E-state index in [0.29, 0.717) is 0 Å². The van der Waals surface area contributed by atoms with E-state index in [1.165, 1.54) is 0 Å². The van der Waals surface area contributed by atoms with Crippen molar-refractivity contribution >= 4 is 11.9 Å². The number of aliphatic carboxylic acids is 2. The van der Waals surface area contributed by atoms with Crippen molar-refractivity contribution < 1.29 is 56.7 Å². The van der Waals surface area contributed by atoms with Crippen LogP contribution in [-0.2, 0) is 9.59 Å². The van der Waals surface area contributed by atoms with E-state index in [1.807, 2.05) is 0 Å². The predicted molar refractivity (Wildman–Crippen MR) is 29.1 cm³/mol. The molecule has 4 nitrogen and oxygen atoms in total. The van der Waals surface area contributed by atoms with Crippen LogP contribution in [0.5, 0.6) is 0 Å². The van der Waals surface area contributed by atoms with Gasteiger partial charge >= 0.3 is 11.9 Å². The third kappa shape index (κ3) is 11.0. The number of hydrogen-bond acceptors (Lipinski definition) is 2. The summed E-state index contributed by atoms with van der Waals surface area (Å²) in [5, 5.41) is 16.1. The van der Waals surface area contributed by atoms with Crippen LogP contribution in [0.15, 0.2) is 0 Å². The van der Waals surface area contributed by atoms with Crippen LogP contribution in [0, 0.1) is 36.9 Å². The molecule has 0 aromatic rings. The van der Waals surface area contributed by atoms with Crippen LogP contribution in [0.2, 0.25) is 0 Å². The molecule has 0 atom stereocenters. The van der Waals surface area contributed by atoms with Crippen LogP contribution >= 0.6 is 0 Å². The Kier molecular flexibility index (Phi) is 9.33. The van der Waals surface area contributed by atoms with Crippen LogP contribution in [0.4, 0.5) is 0 Å². The first-order valence-electron chi connectivity index (χ1n) is 2.56. The Hall–Kier alpha value is 0.174. The summed E-state index contributed by atoms with van der Waals surface area (Å²) in [7, 11) is 0. The molecule has 0 saturated carbocycles. The summed E-state index contributed by atoms with van der Waals surface area (Å²) in [5.74, 6) is -1.90. The second-order valence-electron chi connectivity index (χ2n) is 1.64. The topological polar surface area (TPSA) is 74.6 Å². The molecule has 0 bridgehead atoms. The molecule has 10 heavy (non-hydrogen) atoms. The predicted octanol–water partition coefficient (Wildman–Crippen LogP) is 0.326. The van der Waals surface area contributed by atoms with Crippen LogP contribution in [0.3, 0.4) is 0 Å². The SMILES string of the molecule is O=C(O)CCCC(=O)O.[Lu]. The second-order valence-corrected chi connectivity index (χ2v) is 1.64. The maximum absolute atomic E-state index is 9.79. The summed E-state index contributed by atoms with van der Waals surface area (Å²) in [6.07, 6.45) is 0.0866. The Bertz CT molecular complexity index is 109. The molecule has 0 heterocycles. The smallest absolute Gasteiger partial charge is 0.303 e. The van der Waals surface area contributed by atoms with Crippen molar-refractivity contribution in [1.82, 2.24) is 0 Å². The fourth-order valence-corrected chi connectivity index (χ4v) is 0.391. The minimum absolute atomic E-state index is 0. The standard InChI is InChI=1S/C5H8O4.Lu/c6-4(7)2-1-3-5(8)9;/h1-3H2,(H,6,7)(H,8,9);. The normalized spacial score (nSPS) is 8.00. The molecule has 0 unspecified atom stereocenters. The maximum Gasteiger partial charge on any atom is 0.303 e. The minimum Gasteiger partial charge on any atom is -0.481 e. The monoisotopic (exact) mass is 307 g/mol. The molecule has 0 aliphatic rings. The van der Waals surface area contributed by atoms with Gasteiger partial charge in [0.25, 0.3) is 0 Å². The zero-order valence-corrected chi connectivity index (χ0v) is 6.75. The van der Waals surface area contributed by atoms with Gasteiger partial charge in [-0.15, -0.1) is 0 Å². The molecule has 0 aliphatic heterocycles. The molecule has 67 valence electrons. The molecule has 0 fully saturated rings. The van der Waals surface area contributed by atoms with Crippen molar-refractivity contribution in [2.75, 3.05) is 0 Å². The Morgan fingerprint density at radius 2 is 1.30 bits per heavy atom. The van der Waals surface area contributed by atoms with Gasteiger partial charge in [-0.2, -0.15) is 0 Å². The van der Waals surface area contributed by atoms with Crippen molar-refractivity contribution in [3.63, 3.8) is 0 Å². The molecule has 5 heteroatoms. The molecule has 1 radical (unpaired) electrons. The van der Waals surface area contributed by atoms with E-state index in [9.17, 15) is 9.59 Å². The average Bonchev–Trinajstić information content (AvgIpc) is 1.63. The van der Waals surface area contributed by atoms with Crippen LogP contribution in [-0.4, -0.2) is 22.2 Å². The summed E-state index contributed by atoms with van der Waals surface area (Å²) in [4.78, 5) is 19.6. The van der Waals surface area contributed by atoms with Crippen LogP contribution in [0.25, 0.3) is 0 Å². The summed E-state index contributed by atoms with van der Waals surface area (Å²) in [5.41, 5.74) is 0. The van der Waals surface area contributed by atoms with E-state index in [0.717, 1.165) is 0 Å². The van der Waals surface area contributed by atoms with Gasteiger partial charge in [0.05, 0.1) is 0 Å². The van der Waals surface area contributed by atoms with Crippen molar-refractivity contribution in [3.8, 4) is 0 Å². The van der Waals surface area contributed by atoms with Gasteiger partial charge in [-0.05, 0) is 6.42 Å². The van der Waals surface area contributed by atoms with E-state index in [1.54, 1.807) is 0 Å². The fourth-order valence-electron chi connectivity index (χ4n) is 0.391. The van der Waals surface area contributed by atoms with E-state index >= 15 is 0 Å². The molecule has 0 aliphatic carbocycles. The Morgan fingerprint density at radius 3 is 1.50 bits per heavy atom. The van der Waals surface area contributed by atoms with Gasteiger partial charge in [-0.25, -0.2) is 0 Å². The number of carboxylic acids is 2. The zero-order chi connectivity index (χ0) is 7.28. The van der Waals surface area contributed by atoms with E-state index in [4.69, 9.17) is 10.2 Å². The molecule has 0 spiro atoms. The largest absolute Gasteiger partial charge is 0.481 e. The van der Waals surface area contributed by atoms with Gasteiger partial charge in [0.2, 0.25) is 0 Å². The molecule has 0 aromatic carbocycles. The fraction of sp³-hybridized carbons (Fsp3) is 0.600. The summed E-state index contributed by atoms with van der Waals surface area (Å²) in [6.45, 7) is 0. The van der Waals surface area contributed by atoms with Crippen LogP contribution < -0.4 is 0 Å². The van der Waals surface area contributed by atoms with Gasteiger partial charge in [0, 0.05) is 49.7 Å². The minimum atomic E-state index is -0.948. The first kappa shape index (κ1) is 12.8. The van der Waals surface area contributed by atoms with Gasteiger partial charge in [-0.3, -0.25) is 9.59 Å². The Labute approximate surface area is 87.4 Å². The molecular formula is C5H8LuO4. The second kappa shape index (κ2) is 7.28. The summed E-state index contributed by atoms with van der Waals surface area (Å²) in [6, 6.07) is 0. The molecule has 0 amide bonds. The van der Waals surface area contributed by atoms with Gasteiger partial charge in [-0.1, -0.05) is 0 Å². The molecule has 2 N–H and O–H groups in total. The van der Waals surface area contributed by atoms with E-state index in [-0.39, 0.29) is 56.1 Å². The molecular weight excluding hydrogens is 299 g/mol. The van der Waals surface area contributed by atoms with Crippen molar-refractivity contribution in [2.45, 2.75) is 19.3 Å². The number of hydrogen-bond donors (Lipinski definition) is 2. The van der Waals surface area contributed by atoms with E-state index < -0.39 is 11.9 Å². The molecule has 0 saturated heterocycles. The third-order valence-corrected chi connectivity index (χ3v) is 0.781. The van der Waals surface area contributed by atoms with E-state index in [2.05, 4.69) is 0 Å². The molecule has 0 aromatic heterocycles. The van der Waals surface area contributed by atoms with Gasteiger partial charge in [0.1, 0.15) is 0 Å². The van der Waals surface area contributed by atoms with Crippen molar-refractivity contribution in [1.29, 1.82) is 0 Å². The number of carbonyl (C=O) groups is 2. The van der Waals surface area contributed by atoms with Crippen LogP contribution in [0.1, 0.15) is 19.3 Å². The maximum atomic E-state index is 9.79. The zero-order valence-electron chi connectivity index (χ0n) is 5.09. The quantitative estimate of drug-likeness (QED) is 0.785.